The first-order chi connectivity index (χ1) is 18.4. The molecule has 2 bridgehead atoms. The number of carbonyl (C=O) groups is 3. The summed E-state index contributed by atoms with van der Waals surface area (Å²) in [4.78, 5) is 43.3. The summed E-state index contributed by atoms with van der Waals surface area (Å²) in [6.07, 6.45) is 8.45. The fraction of sp³-hybridized carbons (Fsp3) is 0.452. The number of nitrogens with one attached hydrogen (secondary N) is 2. The molecule has 3 fully saturated rings. The highest BCUT2D eigenvalue weighted by Gasteiger charge is 2.72. The van der Waals surface area contributed by atoms with Crippen molar-refractivity contribution in [3.8, 4) is 0 Å². The van der Waals surface area contributed by atoms with Gasteiger partial charge in [-0.3, -0.25) is 14.4 Å². The fourth-order valence-corrected chi connectivity index (χ4v) is 6.79. The van der Waals surface area contributed by atoms with E-state index in [2.05, 4.69) is 10.6 Å². The van der Waals surface area contributed by atoms with Crippen molar-refractivity contribution in [1.82, 2.24) is 10.2 Å². The van der Waals surface area contributed by atoms with Crippen molar-refractivity contribution >= 4 is 23.4 Å². The summed E-state index contributed by atoms with van der Waals surface area (Å²) in [6, 6.07) is 14.7. The lowest BCUT2D eigenvalue weighted by Crippen LogP contribution is -2.56. The molecule has 3 aliphatic heterocycles. The summed E-state index contributed by atoms with van der Waals surface area (Å²) in [5.41, 5.74) is 2.69. The standard InChI is InChI=1S/C31H35N3O4/c1-19-13-14-23(17-20(19)2)33-28(35)25-24-15-16-31(38-24)26(25)30(37)34(18-21-9-5-3-6-10-21)27(31)29(36)32-22-11-7-4-8-12-22/h3,5-6,9-10,13-17,22,24-27H,4,7-8,11-12,18H2,1-2H3,(H,32,36)(H,33,35)/t24-,25?,26-,27?,31?/m0/s1. The molecule has 2 aromatic rings. The summed E-state index contributed by atoms with van der Waals surface area (Å²) in [5, 5.41) is 6.25. The predicted molar refractivity (Wildman–Crippen MR) is 144 cm³/mol. The van der Waals surface area contributed by atoms with E-state index in [-0.39, 0.29) is 30.3 Å². The molecule has 3 unspecified atom stereocenters. The van der Waals surface area contributed by atoms with Gasteiger partial charge in [0.1, 0.15) is 11.6 Å². The Bertz CT molecular complexity index is 1290. The molecule has 0 radical (unpaired) electrons. The van der Waals surface area contributed by atoms with E-state index in [1.54, 1.807) is 4.90 Å². The van der Waals surface area contributed by atoms with Gasteiger partial charge in [0.05, 0.1) is 17.9 Å². The molecular formula is C31H35N3O4. The second-order valence-corrected chi connectivity index (χ2v) is 11.3. The number of anilines is 1. The Morgan fingerprint density at radius 1 is 1.00 bits per heavy atom. The van der Waals surface area contributed by atoms with E-state index in [1.807, 2.05) is 74.5 Å². The molecule has 2 saturated heterocycles. The smallest absolute Gasteiger partial charge is 0.246 e. The van der Waals surface area contributed by atoms with Crippen LogP contribution in [0.1, 0.15) is 48.8 Å². The number of carbonyl (C=O) groups excluding carboxylic acids is 3. The Morgan fingerprint density at radius 2 is 1.76 bits per heavy atom. The number of hydrogen-bond donors (Lipinski definition) is 2. The zero-order chi connectivity index (χ0) is 26.4. The van der Waals surface area contributed by atoms with Crippen LogP contribution in [0, 0.1) is 25.7 Å². The van der Waals surface area contributed by atoms with Crippen molar-refractivity contribution in [2.45, 2.75) is 76.3 Å². The van der Waals surface area contributed by atoms with E-state index in [9.17, 15) is 14.4 Å². The average molecular weight is 514 g/mol. The maximum Gasteiger partial charge on any atom is 0.246 e. The predicted octanol–water partition coefficient (Wildman–Crippen LogP) is 4.04. The minimum atomic E-state index is -1.15. The van der Waals surface area contributed by atoms with Gasteiger partial charge in [-0.1, -0.05) is 67.8 Å². The number of hydrogen-bond acceptors (Lipinski definition) is 4. The molecule has 1 saturated carbocycles. The van der Waals surface area contributed by atoms with E-state index in [4.69, 9.17) is 4.74 Å². The minimum absolute atomic E-state index is 0.104. The van der Waals surface area contributed by atoms with E-state index in [1.165, 1.54) is 6.42 Å². The molecule has 1 spiro atoms. The molecule has 198 valence electrons. The number of amides is 3. The van der Waals surface area contributed by atoms with Crippen LogP contribution in [0.3, 0.4) is 0 Å². The first-order valence-electron chi connectivity index (χ1n) is 13.8. The first kappa shape index (κ1) is 24.9. The SMILES string of the molecule is Cc1ccc(NC(=O)C2[C@@H]3C=CC4(O3)C(C(=O)NC3CCCCC3)N(Cc3ccccc3)C(=O)[C@H]24)cc1C. The Hall–Kier alpha value is -3.45. The highest BCUT2D eigenvalue weighted by molar-refractivity contribution is 6.02. The van der Waals surface area contributed by atoms with E-state index in [0.717, 1.165) is 42.4 Å². The van der Waals surface area contributed by atoms with Crippen molar-refractivity contribution < 1.29 is 19.1 Å². The van der Waals surface area contributed by atoms with Crippen LogP contribution in [0.25, 0.3) is 0 Å². The summed E-state index contributed by atoms with van der Waals surface area (Å²) >= 11 is 0. The molecule has 3 amide bonds. The Kier molecular flexibility index (Phi) is 6.34. The number of rotatable bonds is 6. The van der Waals surface area contributed by atoms with Crippen LogP contribution in [-0.2, 0) is 25.7 Å². The first-order valence-corrected chi connectivity index (χ1v) is 13.8. The van der Waals surface area contributed by atoms with Crippen LogP contribution in [-0.4, -0.2) is 46.4 Å². The van der Waals surface area contributed by atoms with Crippen LogP contribution in [0.15, 0.2) is 60.7 Å². The molecule has 4 aliphatic rings. The van der Waals surface area contributed by atoms with Crippen molar-refractivity contribution in [1.29, 1.82) is 0 Å². The van der Waals surface area contributed by atoms with Crippen LogP contribution in [0.5, 0.6) is 0 Å². The number of ether oxygens (including phenoxy) is 1. The van der Waals surface area contributed by atoms with Gasteiger partial charge in [0, 0.05) is 18.3 Å². The minimum Gasteiger partial charge on any atom is -0.359 e. The quantitative estimate of drug-likeness (QED) is 0.571. The maximum absolute atomic E-state index is 14.1. The lowest BCUT2D eigenvalue weighted by Gasteiger charge is -2.34. The fourth-order valence-electron chi connectivity index (χ4n) is 6.79. The molecule has 1 aliphatic carbocycles. The molecule has 6 rings (SSSR count). The maximum atomic E-state index is 14.1. The van der Waals surface area contributed by atoms with E-state index in [0.29, 0.717) is 5.69 Å². The Balaban J connectivity index is 1.32. The monoisotopic (exact) mass is 513 g/mol. The van der Waals surface area contributed by atoms with Gasteiger partial charge in [-0.15, -0.1) is 0 Å². The molecule has 7 nitrogen and oxygen atoms in total. The summed E-state index contributed by atoms with van der Waals surface area (Å²) in [5.74, 6) is -2.11. The van der Waals surface area contributed by atoms with Crippen molar-refractivity contribution in [2.24, 2.45) is 11.8 Å². The van der Waals surface area contributed by atoms with Gasteiger partial charge in [-0.2, -0.15) is 0 Å². The van der Waals surface area contributed by atoms with Gasteiger partial charge < -0.3 is 20.3 Å². The largest absolute Gasteiger partial charge is 0.359 e. The molecule has 3 heterocycles. The van der Waals surface area contributed by atoms with E-state index >= 15 is 0 Å². The second-order valence-electron chi connectivity index (χ2n) is 11.3. The molecule has 7 heteroatoms. The second kappa shape index (κ2) is 9.70. The van der Waals surface area contributed by atoms with E-state index < -0.39 is 29.6 Å². The lowest BCUT2D eigenvalue weighted by atomic mass is 9.74. The number of benzene rings is 2. The van der Waals surface area contributed by atoms with Gasteiger partial charge in [0.25, 0.3) is 0 Å². The molecule has 38 heavy (non-hydrogen) atoms. The summed E-state index contributed by atoms with van der Waals surface area (Å²) < 4.78 is 6.46. The highest BCUT2D eigenvalue weighted by atomic mass is 16.5. The van der Waals surface area contributed by atoms with Crippen LogP contribution < -0.4 is 10.6 Å². The highest BCUT2D eigenvalue weighted by Crippen LogP contribution is 2.55. The number of aryl methyl sites for hydroxylation is 2. The molecule has 2 N–H and O–H groups in total. The summed E-state index contributed by atoms with van der Waals surface area (Å²) in [6.45, 7) is 4.31. The molecule has 0 aromatic heterocycles. The van der Waals surface area contributed by atoms with Gasteiger partial charge in [-0.05, 0) is 55.5 Å². The van der Waals surface area contributed by atoms with Gasteiger partial charge in [0.15, 0.2) is 0 Å². The molecular weight excluding hydrogens is 478 g/mol. The molecule has 5 atom stereocenters. The van der Waals surface area contributed by atoms with Gasteiger partial charge >= 0.3 is 0 Å². The van der Waals surface area contributed by atoms with Crippen molar-refractivity contribution in [3.05, 3.63) is 77.4 Å². The summed E-state index contributed by atoms with van der Waals surface area (Å²) in [7, 11) is 0. The third kappa shape index (κ3) is 4.13. The van der Waals surface area contributed by atoms with Crippen molar-refractivity contribution in [3.63, 3.8) is 0 Å². The van der Waals surface area contributed by atoms with Gasteiger partial charge in [-0.25, -0.2) is 0 Å². The topological polar surface area (TPSA) is 87.7 Å². The number of nitrogens with zero attached hydrogens (tertiary/aromatic N) is 1. The van der Waals surface area contributed by atoms with Crippen molar-refractivity contribution in [2.75, 3.05) is 5.32 Å². The van der Waals surface area contributed by atoms with Crippen LogP contribution in [0.2, 0.25) is 0 Å². The van der Waals surface area contributed by atoms with Crippen LogP contribution >= 0.6 is 0 Å². The third-order valence-electron chi connectivity index (χ3n) is 8.85. The Morgan fingerprint density at radius 3 is 2.50 bits per heavy atom. The zero-order valence-electron chi connectivity index (χ0n) is 22.0. The third-order valence-corrected chi connectivity index (χ3v) is 8.85. The zero-order valence-corrected chi connectivity index (χ0v) is 22.0. The normalized spacial score (nSPS) is 29.9. The average Bonchev–Trinajstić information content (AvgIpc) is 3.55. The number of likely N-dealkylation sites (tertiary alicyclic amines) is 1. The lowest BCUT2D eigenvalue weighted by molar-refractivity contribution is -0.142. The number of fused-ring (bicyclic) bond motifs is 1. The van der Waals surface area contributed by atoms with Gasteiger partial charge in [0.2, 0.25) is 17.7 Å². The molecule has 2 aromatic carbocycles. The van der Waals surface area contributed by atoms with Crippen LogP contribution in [0.4, 0.5) is 5.69 Å². The Labute approximate surface area is 223 Å².